The molecular weight excluding hydrogens is 160 g/mol. The van der Waals surface area contributed by atoms with Crippen molar-refractivity contribution in [1.82, 2.24) is 10.9 Å². The number of hydrazine groups is 1. The number of ether oxygens (including phenoxy) is 1. The lowest BCUT2D eigenvalue weighted by Gasteiger charge is -2.23. The first kappa shape index (κ1) is 8.83. The van der Waals surface area contributed by atoms with Crippen molar-refractivity contribution in [2.24, 2.45) is 5.92 Å². The molecule has 0 aromatic rings. The van der Waals surface area contributed by atoms with Crippen molar-refractivity contribution in [2.75, 3.05) is 7.11 Å². The average Bonchev–Trinajstić information content (AvgIpc) is 1.97. The Bertz CT molecular complexity index is 189. The van der Waals surface area contributed by atoms with Gasteiger partial charge in [-0.05, 0) is 12.8 Å². The highest BCUT2D eigenvalue weighted by Gasteiger charge is 2.25. The molecule has 1 aliphatic rings. The molecule has 1 fully saturated rings. The summed E-state index contributed by atoms with van der Waals surface area (Å²) < 4.78 is 4.27. The Hall–Kier alpha value is -1.26. The summed E-state index contributed by atoms with van der Waals surface area (Å²) in [4.78, 5) is 21.6. The van der Waals surface area contributed by atoms with E-state index in [2.05, 4.69) is 15.6 Å². The molecule has 1 rings (SSSR count). The quantitative estimate of drug-likeness (QED) is 0.554. The van der Waals surface area contributed by atoms with Gasteiger partial charge in [0.2, 0.25) is 5.91 Å². The van der Waals surface area contributed by atoms with Crippen LogP contribution in [0.25, 0.3) is 0 Å². The molecule has 68 valence electrons. The minimum absolute atomic E-state index is 0.0714. The maximum atomic E-state index is 11.1. The van der Waals surface area contributed by atoms with Crippen molar-refractivity contribution in [3.63, 3.8) is 0 Å². The van der Waals surface area contributed by atoms with Gasteiger partial charge in [-0.3, -0.25) is 10.2 Å². The van der Waals surface area contributed by atoms with Gasteiger partial charge in [-0.15, -0.1) is 0 Å². The Morgan fingerprint density at radius 1 is 1.33 bits per heavy atom. The van der Waals surface area contributed by atoms with E-state index in [-0.39, 0.29) is 11.8 Å². The highest BCUT2D eigenvalue weighted by molar-refractivity contribution is 5.81. The molecule has 2 amide bonds. The maximum absolute atomic E-state index is 11.1. The molecule has 12 heavy (non-hydrogen) atoms. The zero-order chi connectivity index (χ0) is 8.97. The summed E-state index contributed by atoms with van der Waals surface area (Å²) in [5, 5.41) is 0. The molecule has 0 aromatic carbocycles. The Morgan fingerprint density at radius 3 is 2.42 bits per heavy atom. The van der Waals surface area contributed by atoms with Crippen LogP contribution in [0.1, 0.15) is 19.3 Å². The van der Waals surface area contributed by atoms with Crippen LogP contribution in [0.4, 0.5) is 4.79 Å². The second-order valence-electron chi connectivity index (χ2n) is 2.73. The van der Waals surface area contributed by atoms with Crippen molar-refractivity contribution in [3.05, 3.63) is 0 Å². The third-order valence-corrected chi connectivity index (χ3v) is 1.95. The van der Waals surface area contributed by atoms with Gasteiger partial charge >= 0.3 is 6.09 Å². The minimum atomic E-state index is -0.650. The van der Waals surface area contributed by atoms with E-state index in [0.717, 1.165) is 19.3 Å². The summed E-state index contributed by atoms with van der Waals surface area (Å²) in [6, 6.07) is 0. The van der Waals surface area contributed by atoms with Crippen LogP contribution in [-0.2, 0) is 9.53 Å². The molecule has 0 bridgehead atoms. The Morgan fingerprint density at radius 2 is 2.00 bits per heavy atom. The van der Waals surface area contributed by atoms with Crippen LogP contribution in [0.3, 0.4) is 0 Å². The maximum Gasteiger partial charge on any atom is 0.425 e. The number of hydrogen-bond acceptors (Lipinski definition) is 3. The van der Waals surface area contributed by atoms with Crippen molar-refractivity contribution < 1.29 is 14.3 Å². The van der Waals surface area contributed by atoms with E-state index in [0.29, 0.717) is 0 Å². The van der Waals surface area contributed by atoms with Gasteiger partial charge < -0.3 is 4.74 Å². The van der Waals surface area contributed by atoms with Crippen LogP contribution in [0.15, 0.2) is 0 Å². The van der Waals surface area contributed by atoms with Crippen LogP contribution in [0.2, 0.25) is 0 Å². The monoisotopic (exact) mass is 172 g/mol. The van der Waals surface area contributed by atoms with Crippen LogP contribution >= 0.6 is 0 Å². The predicted molar refractivity (Wildman–Crippen MR) is 41.0 cm³/mol. The summed E-state index contributed by atoms with van der Waals surface area (Å²) in [5.74, 6) is -0.0613. The molecule has 0 aliphatic heterocycles. The van der Waals surface area contributed by atoms with E-state index >= 15 is 0 Å². The van der Waals surface area contributed by atoms with Crippen molar-refractivity contribution >= 4 is 12.0 Å². The van der Waals surface area contributed by atoms with Gasteiger partial charge in [0.15, 0.2) is 0 Å². The second-order valence-corrected chi connectivity index (χ2v) is 2.73. The standard InChI is InChI=1S/C7H12N2O3/c1-12-7(11)9-8-6(10)5-3-2-4-5/h5H,2-4H2,1H3,(H,8,10)(H,9,11). The van der Waals surface area contributed by atoms with Crippen molar-refractivity contribution in [1.29, 1.82) is 0 Å². The summed E-state index contributed by atoms with van der Waals surface area (Å²) in [6.45, 7) is 0. The normalized spacial score (nSPS) is 16.1. The number of methoxy groups -OCH3 is 1. The lowest BCUT2D eigenvalue weighted by molar-refractivity contribution is -0.128. The highest BCUT2D eigenvalue weighted by Crippen LogP contribution is 2.25. The van der Waals surface area contributed by atoms with E-state index in [4.69, 9.17) is 0 Å². The molecule has 0 heterocycles. The first-order valence-electron chi connectivity index (χ1n) is 3.88. The number of carbonyl (C=O) groups is 2. The molecule has 0 saturated heterocycles. The Balaban J connectivity index is 2.13. The van der Waals surface area contributed by atoms with Gasteiger partial charge in [0.1, 0.15) is 0 Å². The first-order valence-corrected chi connectivity index (χ1v) is 3.88. The summed E-state index contributed by atoms with van der Waals surface area (Å²) >= 11 is 0. The first-order chi connectivity index (χ1) is 5.74. The van der Waals surface area contributed by atoms with E-state index in [9.17, 15) is 9.59 Å². The molecule has 0 radical (unpaired) electrons. The van der Waals surface area contributed by atoms with Crippen LogP contribution in [0.5, 0.6) is 0 Å². The van der Waals surface area contributed by atoms with E-state index < -0.39 is 6.09 Å². The molecule has 5 heteroatoms. The predicted octanol–water partition coefficient (Wildman–Crippen LogP) is 0.174. The molecule has 0 spiro atoms. The van der Waals surface area contributed by atoms with E-state index in [1.54, 1.807) is 0 Å². The van der Waals surface area contributed by atoms with Gasteiger partial charge in [0, 0.05) is 5.92 Å². The molecule has 1 saturated carbocycles. The van der Waals surface area contributed by atoms with Crippen molar-refractivity contribution in [3.8, 4) is 0 Å². The number of nitrogens with one attached hydrogen (secondary N) is 2. The summed E-state index contributed by atoms with van der Waals surface area (Å²) in [5.41, 5.74) is 4.39. The number of rotatable bonds is 1. The van der Waals surface area contributed by atoms with Crippen LogP contribution in [0, 0.1) is 5.92 Å². The largest absolute Gasteiger partial charge is 0.452 e. The number of amides is 2. The molecule has 2 N–H and O–H groups in total. The van der Waals surface area contributed by atoms with Gasteiger partial charge in [-0.25, -0.2) is 10.2 Å². The van der Waals surface area contributed by atoms with Crippen LogP contribution in [-0.4, -0.2) is 19.1 Å². The third-order valence-electron chi connectivity index (χ3n) is 1.95. The average molecular weight is 172 g/mol. The fourth-order valence-corrected chi connectivity index (χ4v) is 0.936. The van der Waals surface area contributed by atoms with Gasteiger partial charge in [-0.1, -0.05) is 6.42 Å². The van der Waals surface area contributed by atoms with Gasteiger partial charge in [-0.2, -0.15) is 0 Å². The van der Waals surface area contributed by atoms with Crippen LogP contribution < -0.4 is 10.9 Å². The SMILES string of the molecule is COC(=O)NNC(=O)C1CCC1. The zero-order valence-electron chi connectivity index (χ0n) is 6.92. The highest BCUT2D eigenvalue weighted by atomic mass is 16.5. The number of carbonyl (C=O) groups excluding carboxylic acids is 2. The Kier molecular flexibility index (Phi) is 2.90. The lowest BCUT2D eigenvalue weighted by Crippen LogP contribution is -2.45. The van der Waals surface area contributed by atoms with E-state index in [1.807, 2.05) is 0 Å². The van der Waals surface area contributed by atoms with E-state index in [1.165, 1.54) is 7.11 Å². The minimum Gasteiger partial charge on any atom is -0.452 e. The van der Waals surface area contributed by atoms with Gasteiger partial charge in [0.25, 0.3) is 0 Å². The fourth-order valence-electron chi connectivity index (χ4n) is 0.936. The number of hydrogen-bond donors (Lipinski definition) is 2. The zero-order valence-corrected chi connectivity index (χ0v) is 6.92. The third kappa shape index (κ3) is 2.11. The molecule has 5 nitrogen and oxygen atoms in total. The summed E-state index contributed by atoms with van der Waals surface area (Å²) in [7, 11) is 1.24. The molecule has 1 aliphatic carbocycles. The lowest BCUT2D eigenvalue weighted by atomic mass is 9.85. The molecular formula is C7H12N2O3. The molecule has 0 unspecified atom stereocenters. The topological polar surface area (TPSA) is 67.4 Å². The van der Waals surface area contributed by atoms with Crippen molar-refractivity contribution in [2.45, 2.75) is 19.3 Å². The second kappa shape index (κ2) is 3.94. The fraction of sp³-hybridized carbons (Fsp3) is 0.714. The van der Waals surface area contributed by atoms with Gasteiger partial charge in [0.05, 0.1) is 7.11 Å². The molecule has 0 aromatic heterocycles. The molecule has 0 atom stereocenters. The Labute approximate surface area is 70.4 Å². The smallest absolute Gasteiger partial charge is 0.425 e. The summed E-state index contributed by atoms with van der Waals surface area (Å²) in [6.07, 6.45) is 2.27.